The highest BCUT2D eigenvalue weighted by molar-refractivity contribution is 9.10. The van der Waals surface area contributed by atoms with E-state index in [0.29, 0.717) is 11.6 Å². The quantitative estimate of drug-likeness (QED) is 0.791. The minimum atomic E-state index is -0.476. The lowest BCUT2D eigenvalue weighted by Crippen LogP contribution is -2.09. The highest BCUT2D eigenvalue weighted by Gasteiger charge is 2.10. The molecule has 0 aliphatic heterocycles. The predicted molar refractivity (Wildman–Crippen MR) is 59.4 cm³/mol. The molecule has 0 aliphatic carbocycles. The second kappa shape index (κ2) is 5.23. The molecule has 0 heterocycles. The van der Waals surface area contributed by atoms with Crippen LogP contribution >= 0.6 is 27.5 Å². The molecule has 0 amide bonds. The Labute approximate surface area is 96.6 Å². The van der Waals surface area contributed by atoms with Gasteiger partial charge in [0.2, 0.25) is 0 Å². The minimum absolute atomic E-state index is 0.368. The molecule has 1 atom stereocenters. The summed E-state index contributed by atoms with van der Waals surface area (Å²) in [4.78, 5) is 0. The summed E-state index contributed by atoms with van der Waals surface area (Å²) in [5.41, 5.74) is 0.878. The average molecular weight is 275 g/mol. The number of rotatable bonds is 3. The number of halogens is 2. The summed E-state index contributed by atoms with van der Waals surface area (Å²) in [5, 5.41) is 8.63. The van der Waals surface area contributed by atoms with Gasteiger partial charge in [-0.1, -0.05) is 12.1 Å². The molecule has 0 radical (unpaired) electrons. The summed E-state index contributed by atoms with van der Waals surface area (Å²) < 4.78 is 6.24. The van der Waals surface area contributed by atoms with Gasteiger partial charge in [0.05, 0.1) is 10.4 Å². The number of para-hydroxylation sites is 1. The van der Waals surface area contributed by atoms with Crippen LogP contribution in [0, 0.1) is 11.3 Å². The first-order valence-electron chi connectivity index (χ1n) is 4.08. The van der Waals surface area contributed by atoms with Crippen LogP contribution in [0.4, 0.5) is 0 Å². The largest absolute Gasteiger partial charge is 0.474 e. The third kappa shape index (κ3) is 2.63. The van der Waals surface area contributed by atoms with E-state index >= 15 is 0 Å². The molecule has 1 unspecified atom stereocenters. The summed E-state index contributed by atoms with van der Waals surface area (Å²) in [6, 6.07) is 7.62. The maximum Gasteiger partial charge on any atom is 0.181 e. The number of ether oxygens (including phenoxy) is 1. The van der Waals surface area contributed by atoms with Crippen LogP contribution in [-0.4, -0.2) is 6.10 Å². The van der Waals surface area contributed by atoms with Crippen molar-refractivity contribution in [2.24, 2.45) is 0 Å². The third-order valence-corrected chi connectivity index (χ3v) is 2.58. The molecule has 74 valence electrons. The van der Waals surface area contributed by atoms with Gasteiger partial charge in [-0.3, -0.25) is 0 Å². The Bertz CT molecular complexity index is 362. The number of nitriles is 1. The third-order valence-electron chi connectivity index (χ3n) is 1.67. The van der Waals surface area contributed by atoms with Crippen LogP contribution in [-0.2, 0) is 5.88 Å². The molecule has 0 N–H and O–H groups in total. The molecule has 0 bridgehead atoms. The molecule has 14 heavy (non-hydrogen) atoms. The Kier molecular flexibility index (Phi) is 4.24. The van der Waals surface area contributed by atoms with Gasteiger partial charge in [0.25, 0.3) is 0 Å². The normalized spacial score (nSPS) is 11.9. The van der Waals surface area contributed by atoms with Crippen molar-refractivity contribution in [2.45, 2.75) is 18.9 Å². The number of hydrogen-bond donors (Lipinski definition) is 0. The lowest BCUT2D eigenvalue weighted by molar-refractivity contribution is 0.272. The fourth-order valence-electron chi connectivity index (χ4n) is 0.994. The molecule has 0 spiro atoms. The molecular formula is C10H9BrClNO. The molecule has 0 saturated heterocycles. The van der Waals surface area contributed by atoms with Crippen molar-refractivity contribution in [1.29, 1.82) is 5.26 Å². The molecule has 0 saturated carbocycles. The molecule has 1 aromatic carbocycles. The van der Waals surface area contributed by atoms with Gasteiger partial charge < -0.3 is 4.74 Å². The van der Waals surface area contributed by atoms with Crippen molar-refractivity contribution in [3.05, 3.63) is 28.2 Å². The van der Waals surface area contributed by atoms with Gasteiger partial charge in [-0.05, 0) is 28.9 Å². The molecule has 1 rings (SSSR count). The van der Waals surface area contributed by atoms with Crippen LogP contribution in [0.1, 0.15) is 12.5 Å². The van der Waals surface area contributed by atoms with E-state index in [1.165, 1.54) is 0 Å². The first-order valence-corrected chi connectivity index (χ1v) is 5.41. The summed E-state index contributed by atoms with van der Waals surface area (Å²) in [6.07, 6.45) is -0.476. The Balaban J connectivity index is 3.00. The van der Waals surface area contributed by atoms with E-state index in [1.54, 1.807) is 6.92 Å². The van der Waals surface area contributed by atoms with E-state index in [0.717, 1.165) is 10.0 Å². The maximum absolute atomic E-state index is 8.63. The zero-order chi connectivity index (χ0) is 10.6. The first-order chi connectivity index (χ1) is 6.69. The van der Waals surface area contributed by atoms with E-state index in [2.05, 4.69) is 15.9 Å². The first kappa shape index (κ1) is 11.4. The van der Waals surface area contributed by atoms with Crippen molar-refractivity contribution in [3.63, 3.8) is 0 Å². The van der Waals surface area contributed by atoms with E-state index in [1.807, 2.05) is 24.3 Å². The van der Waals surface area contributed by atoms with Gasteiger partial charge in [-0.25, -0.2) is 0 Å². The Morgan fingerprint density at radius 2 is 2.36 bits per heavy atom. The van der Waals surface area contributed by atoms with Crippen molar-refractivity contribution < 1.29 is 4.74 Å². The van der Waals surface area contributed by atoms with Gasteiger partial charge in [0.15, 0.2) is 6.10 Å². The van der Waals surface area contributed by atoms with Gasteiger partial charge >= 0.3 is 0 Å². The molecule has 4 heteroatoms. The van der Waals surface area contributed by atoms with Gasteiger partial charge in [0, 0.05) is 5.56 Å². The van der Waals surface area contributed by atoms with Crippen LogP contribution in [0.5, 0.6) is 5.75 Å². The minimum Gasteiger partial charge on any atom is -0.474 e. The fourth-order valence-corrected chi connectivity index (χ4v) is 1.71. The maximum atomic E-state index is 8.63. The standard InChI is InChI=1S/C10H9BrClNO/c1-7(6-13)14-10-8(5-12)3-2-4-9(10)11/h2-4,7H,5H2,1H3. The van der Waals surface area contributed by atoms with E-state index < -0.39 is 6.10 Å². The van der Waals surface area contributed by atoms with Crippen molar-refractivity contribution in [2.75, 3.05) is 0 Å². The van der Waals surface area contributed by atoms with Crippen LogP contribution < -0.4 is 4.74 Å². The van der Waals surface area contributed by atoms with Gasteiger partial charge in [0.1, 0.15) is 11.8 Å². The molecule has 1 aromatic rings. The Morgan fingerprint density at radius 1 is 1.64 bits per heavy atom. The van der Waals surface area contributed by atoms with E-state index in [-0.39, 0.29) is 0 Å². The second-order valence-electron chi connectivity index (χ2n) is 2.75. The number of alkyl halides is 1. The molecule has 0 fully saturated rings. The number of benzene rings is 1. The molecule has 0 aromatic heterocycles. The molecule has 0 aliphatic rings. The number of hydrogen-bond acceptors (Lipinski definition) is 2. The zero-order valence-electron chi connectivity index (χ0n) is 7.63. The summed E-state index contributed by atoms with van der Waals surface area (Å²) >= 11 is 9.10. The zero-order valence-corrected chi connectivity index (χ0v) is 9.97. The van der Waals surface area contributed by atoms with Crippen LogP contribution in [0.3, 0.4) is 0 Å². The topological polar surface area (TPSA) is 33.0 Å². The lowest BCUT2D eigenvalue weighted by atomic mass is 10.2. The second-order valence-corrected chi connectivity index (χ2v) is 3.87. The Morgan fingerprint density at radius 3 is 2.93 bits per heavy atom. The van der Waals surface area contributed by atoms with Crippen molar-refractivity contribution >= 4 is 27.5 Å². The summed E-state index contributed by atoms with van der Waals surface area (Å²) in [6.45, 7) is 1.69. The highest BCUT2D eigenvalue weighted by atomic mass is 79.9. The van der Waals surface area contributed by atoms with Crippen molar-refractivity contribution in [3.8, 4) is 11.8 Å². The smallest absolute Gasteiger partial charge is 0.181 e. The number of nitrogens with zero attached hydrogens (tertiary/aromatic N) is 1. The highest BCUT2D eigenvalue weighted by Crippen LogP contribution is 2.30. The Hall–Kier alpha value is -0.720. The molecular weight excluding hydrogens is 265 g/mol. The monoisotopic (exact) mass is 273 g/mol. The lowest BCUT2D eigenvalue weighted by Gasteiger charge is -2.12. The average Bonchev–Trinajstić information content (AvgIpc) is 2.20. The van der Waals surface area contributed by atoms with Crippen LogP contribution in [0.15, 0.2) is 22.7 Å². The predicted octanol–water partition coefficient (Wildman–Crippen LogP) is 3.48. The van der Waals surface area contributed by atoms with Crippen LogP contribution in [0.25, 0.3) is 0 Å². The SMILES string of the molecule is CC(C#N)Oc1c(Br)cccc1CCl. The van der Waals surface area contributed by atoms with Crippen LogP contribution in [0.2, 0.25) is 0 Å². The van der Waals surface area contributed by atoms with E-state index in [4.69, 9.17) is 21.6 Å². The molecule has 2 nitrogen and oxygen atoms in total. The summed E-state index contributed by atoms with van der Waals surface area (Å²) in [7, 11) is 0. The van der Waals surface area contributed by atoms with Gasteiger partial charge in [-0.15, -0.1) is 11.6 Å². The van der Waals surface area contributed by atoms with Crippen molar-refractivity contribution in [1.82, 2.24) is 0 Å². The van der Waals surface area contributed by atoms with Gasteiger partial charge in [-0.2, -0.15) is 5.26 Å². The van der Waals surface area contributed by atoms with E-state index in [9.17, 15) is 0 Å². The fraction of sp³-hybridized carbons (Fsp3) is 0.300. The summed E-state index contributed by atoms with van der Waals surface area (Å²) in [5.74, 6) is 1.02.